The number of para-hydroxylation sites is 1. The predicted octanol–water partition coefficient (Wildman–Crippen LogP) is 5.56. The molecule has 4 rings (SSSR count). The molecule has 196 valence electrons. The highest BCUT2D eigenvalue weighted by Crippen LogP contribution is 2.33. The fourth-order valence-corrected chi connectivity index (χ4v) is 5.21. The summed E-state index contributed by atoms with van der Waals surface area (Å²) in [4.78, 5) is 56.8. The summed E-state index contributed by atoms with van der Waals surface area (Å²) in [7, 11) is 0. The molecule has 4 amide bonds. The van der Waals surface area contributed by atoms with Gasteiger partial charge in [-0.15, -0.1) is 0 Å². The Balaban J connectivity index is 1.74. The maximum Gasteiger partial charge on any atom is 0.262 e. The number of carbonyl (C=O) groups excluding carboxylic acids is 4. The van der Waals surface area contributed by atoms with Crippen molar-refractivity contribution < 1.29 is 19.2 Å². The Morgan fingerprint density at radius 1 is 0.868 bits per heavy atom. The van der Waals surface area contributed by atoms with E-state index in [1.165, 1.54) is 4.90 Å². The molecule has 0 bridgehead atoms. The minimum absolute atomic E-state index is 0.147. The summed E-state index contributed by atoms with van der Waals surface area (Å²) in [5.41, 5.74) is 3.39. The minimum Gasteiger partial charge on any atom is -0.325 e. The molecule has 1 aliphatic rings. The first-order valence-electron chi connectivity index (χ1n) is 12.6. The number of nitrogens with one attached hydrogen (secondary N) is 1. The first-order chi connectivity index (χ1) is 18.2. The number of aryl methyl sites for hydroxylation is 2. The highest BCUT2D eigenvalue weighted by Gasteiger charge is 2.45. The van der Waals surface area contributed by atoms with Crippen LogP contribution in [0.4, 0.5) is 5.69 Å². The van der Waals surface area contributed by atoms with E-state index in [9.17, 15) is 19.2 Å². The van der Waals surface area contributed by atoms with Gasteiger partial charge in [-0.25, -0.2) is 0 Å². The number of hydrogen-bond donors (Lipinski definition) is 1. The van der Waals surface area contributed by atoms with Crippen LogP contribution < -0.4 is 5.32 Å². The van der Waals surface area contributed by atoms with Crippen molar-refractivity contribution in [3.05, 3.63) is 99.6 Å². The summed E-state index contributed by atoms with van der Waals surface area (Å²) < 4.78 is 0. The first kappa shape index (κ1) is 27.1. The minimum atomic E-state index is -1.09. The second-order valence-corrected chi connectivity index (χ2v) is 9.66. The lowest BCUT2D eigenvalue weighted by Gasteiger charge is -2.35. The number of likely N-dealkylation sites (N-methyl/N-ethyl adjacent to an activating group) is 1. The molecule has 0 aromatic heterocycles. The van der Waals surface area contributed by atoms with Crippen LogP contribution >= 0.6 is 11.6 Å². The van der Waals surface area contributed by atoms with Crippen molar-refractivity contribution >= 4 is 40.9 Å². The number of rotatable bonds is 8. The zero-order chi connectivity index (χ0) is 27.6. The summed E-state index contributed by atoms with van der Waals surface area (Å²) >= 11 is 6.55. The Morgan fingerprint density at radius 2 is 1.42 bits per heavy atom. The fraction of sp³-hybridized carbons (Fsp3) is 0.267. The third kappa shape index (κ3) is 4.82. The molecular weight excluding hydrogens is 502 g/mol. The number of halogens is 1. The SMILES string of the molecule is CC[C@H](C(=O)N(CC)[C@H](C(=O)Nc1c(C)cccc1C)c1ccccc1Cl)N1C(=O)c2ccccc2C1=O. The van der Waals surface area contributed by atoms with Gasteiger partial charge in [0.1, 0.15) is 12.1 Å². The lowest BCUT2D eigenvalue weighted by molar-refractivity contribution is -0.142. The van der Waals surface area contributed by atoms with Crippen LogP contribution in [0.15, 0.2) is 66.7 Å². The summed E-state index contributed by atoms with van der Waals surface area (Å²) in [5, 5.41) is 3.32. The number of nitrogens with zero attached hydrogens (tertiary/aromatic N) is 2. The van der Waals surface area contributed by atoms with E-state index in [4.69, 9.17) is 11.6 Å². The molecule has 0 radical (unpaired) electrons. The molecule has 0 spiro atoms. The molecular formula is C30H30ClN3O4. The molecule has 7 nitrogen and oxygen atoms in total. The average Bonchev–Trinajstić information content (AvgIpc) is 3.16. The van der Waals surface area contributed by atoms with Crippen LogP contribution in [-0.4, -0.2) is 46.0 Å². The highest BCUT2D eigenvalue weighted by atomic mass is 35.5. The van der Waals surface area contributed by atoms with Gasteiger partial charge in [-0.3, -0.25) is 24.1 Å². The van der Waals surface area contributed by atoms with E-state index in [0.29, 0.717) is 16.3 Å². The van der Waals surface area contributed by atoms with Crippen LogP contribution in [0.5, 0.6) is 0 Å². The molecule has 38 heavy (non-hydrogen) atoms. The van der Waals surface area contributed by atoms with Crippen molar-refractivity contribution in [3.63, 3.8) is 0 Å². The van der Waals surface area contributed by atoms with Crippen LogP contribution in [0.2, 0.25) is 5.02 Å². The largest absolute Gasteiger partial charge is 0.325 e. The zero-order valence-electron chi connectivity index (χ0n) is 21.8. The lowest BCUT2D eigenvalue weighted by Crippen LogP contribution is -2.53. The van der Waals surface area contributed by atoms with E-state index >= 15 is 0 Å². The predicted molar refractivity (Wildman–Crippen MR) is 147 cm³/mol. The molecule has 8 heteroatoms. The molecule has 3 aromatic rings. The molecule has 0 fully saturated rings. The first-order valence-corrected chi connectivity index (χ1v) is 13.0. The van der Waals surface area contributed by atoms with Crippen LogP contribution in [-0.2, 0) is 9.59 Å². The molecule has 0 unspecified atom stereocenters. The van der Waals surface area contributed by atoms with Crippen LogP contribution in [0.3, 0.4) is 0 Å². The van der Waals surface area contributed by atoms with E-state index < -0.39 is 35.7 Å². The molecule has 0 saturated carbocycles. The average molecular weight is 532 g/mol. The number of amides is 4. The number of fused-ring (bicyclic) bond motifs is 1. The van der Waals surface area contributed by atoms with Gasteiger partial charge in [0.05, 0.1) is 11.1 Å². The van der Waals surface area contributed by atoms with E-state index in [-0.39, 0.29) is 24.1 Å². The molecule has 1 aliphatic heterocycles. The van der Waals surface area contributed by atoms with E-state index in [0.717, 1.165) is 16.0 Å². The Morgan fingerprint density at radius 3 is 1.95 bits per heavy atom. The van der Waals surface area contributed by atoms with E-state index in [2.05, 4.69) is 5.32 Å². The lowest BCUT2D eigenvalue weighted by atomic mass is 10.0. The van der Waals surface area contributed by atoms with Gasteiger partial charge >= 0.3 is 0 Å². The highest BCUT2D eigenvalue weighted by molar-refractivity contribution is 6.31. The van der Waals surface area contributed by atoms with Gasteiger partial charge in [0.25, 0.3) is 17.7 Å². The number of imide groups is 1. The molecule has 0 aliphatic carbocycles. The molecule has 0 saturated heterocycles. The molecule has 2 atom stereocenters. The number of hydrogen-bond acceptors (Lipinski definition) is 4. The van der Waals surface area contributed by atoms with Crippen LogP contribution in [0.25, 0.3) is 0 Å². The zero-order valence-corrected chi connectivity index (χ0v) is 22.6. The monoisotopic (exact) mass is 531 g/mol. The molecule has 3 aromatic carbocycles. The van der Waals surface area contributed by atoms with Gasteiger partial charge in [0.2, 0.25) is 5.91 Å². The third-order valence-corrected chi connectivity index (χ3v) is 7.27. The Hall–Kier alpha value is -3.97. The van der Waals surface area contributed by atoms with Crippen molar-refractivity contribution in [2.24, 2.45) is 0 Å². The normalized spacial score (nSPS) is 14.2. The number of anilines is 1. The summed E-state index contributed by atoms with van der Waals surface area (Å²) in [6.07, 6.45) is 0.189. The number of carbonyl (C=O) groups is 4. The number of benzene rings is 3. The summed E-state index contributed by atoms with van der Waals surface area (Å²) in [6.45, 7) is 7.43. The van der Waals surface area contributed by atoms with Gasteiger partial charge in [-0.05, 0) is 56.5 Å². The Bertz CT molecular complexity index is 1360. The standard InChI is InChI=1S/C30H30ClN3O4/c1-5-24(34-28(36)20-14-7-8-15-21(20)29(34)37)30(38)33(6-2)26(22-16-9-10-17-23(22)31)27(35)32-25-18(3)12-11-13-19(25)4/h7-17,24,26H,5-6H2,1-4H3,(H,32,35)/t24-,26+/m1/s1. The van der Waals surface area contributed by atoms with Gasteiger partial charge in [0, 0.05) is 22.8 Å². The van der Waals surface area contributed by atoms with Gasteiger partial charge in [-0.1, -0.05) is 67.1 Å². The second-order valence-electron chi connectivity index (χ2n) is 9.25. The maximum atomic E-state index is 14.1. The van der Waals surface area contributed by atoms with Crippen molar-refractivity contribution in [1.29, 1.82) is 0 Å². The van der Waals surface area contributed by atoms with Gasteiger partial charge in [0.15, 0.2) is 0 Å². The Kier molecular flexibility index (Phi) is 7.97. The van der Waals surface area contributed by atoms with Crippen molar-refractivity contribution in [1.82, 2.24) is 9.80 Å². The quantitative estimate of drug-likeness (QED) is 0.385. The maximum absolute atomic E-state index is 14.1. The second kappa shape index (κ2) is 11.2. The summed E-state index contributed by atoms with van der Waals surface area (Å²) in [6, 6.07) is 16.9. The molecule has 1 heterocycles. The summed E-state index contributed by atoms with van der Waals surface area (Å²) in [5.74, 6) is -1.98. The topological polar surface area (TPSA) is 86.8 Å². The van der Waals surface area contributed by atoms with Crippen LogP contribution in [0, 0.1) is 13.8 Å². The smallest absolute Gasteiger partial charge is 0.262 e. The van der Waals surface area contributed by atoms with Gasteiger partial charge < -0.3 is 10.2 Å². The van der Waals surface area contributed by atoms with Crippen LogP contribution in [0.1, 0.15) is 63.7 Å². The van der Waals surface area contributed by atoms with Crippen molar-refractivity contribution in [2.75, 3.05) is 11.9 Å². The Labute approximate surface area is 227 Å². The van der Waals surface area contributed by atoms with E-state index in [1.54, 1.807) is 62.4 Å². The fourth-order valence-electron chi connectivity index (χ4n) is 4.97. The van der Waals surface area contributed by atoms with Crippen molar-refractivity contribution in [3.8, 4) is 0 Å². The van der Waals surface area contributed by atoms with E-state index in [1.807, 2.05) is 32.0 Å². The van der Waals surface area contributed by atoms with Crippen molar-refractivity contribution in [2.45, 2.75) is 46.2 Å². The third-order valence-electron chi connectivity index (χ3n) is 6.92. The molecule has 1 N–H and O–H groups in total. The van der Waals surface area contributed by atoms with Gasteiger partial charge in [-0.2, -0.15) is 0 Å².